The van der Waals surface area contributed by atoms with Crippen molar-refractivity contribution in [1.82, 2.24) is 0 Å². The second kappa shape index (κ2) is 6.58. The molecule has 0 aromatic heterocycles. The minimum Gasteiger partial charge on any atom is -0.462 e. The van der Waals surface area contributed by atoms with Crippen molar-refractivity contribution in [2.45, 2.75) is 76.8 Å². The normalized spacial score (nSPS) is 51.4. The summed E-state index contributed by atoms with van der Waals surface area (Å²) in [7, 11) is 1.70. The second-order valence-electron chi connectivity index (χ2n) is 8.70. The fraction of sp³-hybridized carbons (Fsp3) is 0.947. The maximum atomic E-state index is 11.5. The lowest BCUT2D eigenvalue weighted by atomic mass is 9.51. The van der Waals surface area contributed by atoms with E-state index in [2.05, 4.69) is 6.92 Å². The van der Waals surface area contributed by atoms with E-state index in [-0.39, 0.29) is 35.9 Å². The lowest BCUT2D eigenvalue weighted by molar-refractivity contribution is -0.207. The molecule has 0 saturated heterocycles. The number of hydrogen-bond donors (Lipinski definition) is 2. The summed E-state index contributed by atoms with van der Waals surface area (Å²) in [5, 5.41) is 21.8. The van der Waals surface area contributed by atoms with E-state index in [4.69, 9.17) is 9.47 Å². The molecular weight excluding hydrogens is 308 g/mol. The Labute approximate surface area is 144 Å². The van der Waals surface area contributed by atoms with Crippen LogP contribution >= 0.6 is 0 Å². The highest BCUT2D eigenvalue weighted by Crippen LogP contribution is 2.55. The van der Waals surface area contributed by atoms with Gasteiger partial charge >= 0.3 is 5.97 Å². The molecule has 3 fully saturated rings. The van der Waals surface area contributed by atoms with E-state index in [0.717, 1.165) is 19.3 Å². The number of ether oxygens (including phenoxy) is 2. The fourth-order valence-corrected chi connectivity index (χ4v) is 6.09. The molecule has 3 rings (SSSR count). The van der Waals surface area contributed by atoms with E-state index in [9.17, 15) is 15.0 Å². The molecule has 3 aliphatic rings. The Balaban J connectivity index is 1.90. The average molecular weight is 340 g/mol. The van der Waals surface area contributed by atoms with Gasteiger partial charge in [0.15, 0.2) is 0 Å². The standard InChI is InChI=1S/C19H32O5/c1-10-5-13-14(17(6-10)24-11(2)20)8-16(21)18-15(13)7-12(23-4)9-19(18,3)22/h10,12-18,21-22H,5-9H2,1-4H3/t10?,12-,13?,14+,15?,16+,17?,18?,19-/m1/s1. The summed E-state index contributed by atoms with van der Waals surface area (Å²) in [6, 6.07) is 0. The molecule has 0 aliphatic heterocycles. The molecule has 0 radical (unpaired) electrons. The third-order valence-electron chi connectivity index (χ3n) is 6.82. The van der Waals surface area contributed by atoms with E-state index in [0.29, 0.717) is 24.7 Å². The monoisotopic (exact) mass is 340 g/mol. The first kappa shape index (κ1) is 18.2. The number of methoxy groups -OCH3 is 1. The SMILES string of the molecule is CO[C@@H]1CC2C3CC(C)CC(OC(C)=O)[C@H]3C[C@H](O)C2[C@](C)(O)C1. The number of carbonyl (C=O) groups is 1. The number of rotatable bonds is 2. The van der Waals surface area contributed by atoms with Crippen LogP contribution in [0.15, 0.2) is 0 Å². The number of aliphatic hydroxyl groups excluding tert-OH is 1. The Hall–Kier alpha value is -0.650. The molecule has 0 heterocycles. The van der Waals surface area contributed by atoms with Gasteiger partial charge in [0, 0.05) is 32.3 Å². The summed E-state index contributed by atoms with van der Waals surface area (Å²) >= 11 is 0. The van der Waals surface area contributed by atoms with Gasteiger partial charge in [-0.15, -0.1) is 0 Å². The molecule has 24 heavy (non-hydrogen) atoms. The van der Waals surface area contributed by atoms with Gasteiger partial charge in [0.2, 0.25) is 0 Å². The van der Waals surface area contributed by atoms with E-state index in [1.807, 2.05) is 6.92 Å². The molecule has 3 saturated carbocycles. The summed E-state index contributed by atoms with van der Waals surface area (Å²) in [6.45, 7) is 5.51. The lowest BCUT2D eigenvalue weighted by Crippen LogP contribution is -2.61. The Morgan fingerprint density at radius 3 is 2.46 bits per heavy atom. The van der Waals surface area contributed by atoms with Crippen LogP contribution in [-0.2, 0) is 14.3 Å². The summed E-state index contributed by atoms with van der Waals surface area (Å²) < 4.78 is 11.2. The molecular formula is C19H32O5. The van der Waals surface area contributed by atoms with E-state index in [1.54, 1.807) is 7.11 Å². The van der Waals surface area contributed by atoms with Gasteiger partial charge in [-0.2, -0.15) is 0 Å². The molecule has 0 aromatic carbocycles. The maximum absolute atomic E-state index is 11.5. The van der Waals surface area contributed by atoms with Crippen LogP contribution in [0.1, 0.15) is 52.9 Å². The summed E-state index contributed by atoms with van der Waals surface area (Å²) in [6.07, 6.45) is 3.37. The van der Waals surface area contributed by atoms with E-state index >= 15 is 0 Å². The van der Waals surface area contributed by atoms with Crippen molar-refractivity contribution >= 4 is 5.97 Å². The van der Waals surface area contributed by atoms with Gasteiger partial charge in [0.25, 0.3) is 0 Å². The largest absolute Gasteiger partial charge is 0.462 e. The Bertz CT molecular complexity index is 476. The fourth-order valence-electron chi connectivity index (χ4n) is 6.09. The molecule has 2 N–H and O–H groups in total. The van der Waals surface area contributed by atoms with Gasteiger partial charge in [-0.3, -0.25) is 4.79 Å². The molecule has 3 aliphatic carbocycles. The zero-order valence-electron chi connectivity index (χ0n) is 15.3. The molecule has 0 bridgehead atoms. The van der Waals surface area contributed by atoms with Crippen LogP contribution in [0.25, 0.3) is 0 Å². The first-order chi connectivity index (χ1) is 11.2. The average Bonchev–Trinajstić information content (AvgIpc) is 2.46. The number of aliphatic hydroxyl groups is 2. The zero-order valence-corrected chi connectivity index (χ0v) is 15.3. The van der Waals surface area contributed by atoms with Gasteiger partial charge in [0.05, 0.1) is 17.8 Å². The molecule has 5 nitrogen and oxygen atoms in total. The zero-order chi connectivity index (χ0) is 17.6. The topological polar surface area (TPSA) is 76.0 Å². The van der Waals surface area contributed by atoms with Gasteiger partial charge < -0.3 is 19.7 Å². The highest BCUT2D eigenvalue weighted by molar-refractivity contribution is 5.66. The smallest absolute Gasteiger partial charge is 0.302 e. The molecule has 0 amide bonds. The third kappa shape index (κ3) is 3.23. The summed E-state index contributed by atoms with van der Waals surface area (Å²) in [5.74, 6) is 0.902. The number of hydrogen-bond acceptors (Lipinski definition) is 5. The summed E-state index contributed by atoms with van der Waals surface area (Å²) in [4.78, 5) is 11.5. The van der Waals surface area contributed by atoms with Crippen molar-refractivity contribution < 1.29 is 24.5 Å². The Morgan fingerprint density at radius 2 is 1.83 bits per heavy atom. The van der Waals surface area contributed by atoms with Gasteiger partial charge in [-0.25, -0.2) is 0 Å². The van der Waals surface area contributed by atoms with Crippen molar-refractivity contribution in [1.29, 1.82) is 0 Å². The third-order valence-corrected chi connectivity index (χ3v) is 6.82. The number of esters is 1. The molecule has 0 spiro atoms. The lowest BCUT2D eigenvalue weighted by Gasteiger charge is -2.58. The molecule has 138 valence electrons. The van der Waals surface area contributed by atoms with Gasteiger partial charge in [-0.05, 0) is 50.4 Å². The first-order valence-electron chi connectivity index (χ1n) is 9.33. The van der Waals surface area contributed by atoms with Crippen LogP contribution in [0.4, 0.5) is 0 Å². The van der Waals surface area contributed by atoms with Crippen LogP contribution < -0.4 is 0 Å². The van der Waals surface area contributed by atoms with Crippen LogP contribution in [0.5, 0.6) is 0 Å². The van der Waals surface area contributed by atoms with Crippen LogP contribution in [0.3, 0.4) is 0 Å². The Morgan fingerprint density at radius 1 is 1.12 bits per heavy atom. The minimum atomic E-state index is -0.911. The quantitative estimate of drug-likeness (QED) is 0.753. The number of carbonyl (C=O) groups excluding carboxylic acids is 1. The molecule has 0 aromatic rings. The van der Waals surface area contributed by atoms with Crippen LogP contribution in [0.2, 0.25) is 0 Å². The van der Waals surface area contributed by atoms with Crippen LogP contribution in [0, 0.1) is 29.6 Å². The van der Waals surface area contributed by atoms with Crippen LogP contribution in [-0.4, -0.2) is 47.2 Å². The Kier molecular flexibility index (Phi) is 4.98. The van der Waals surface area contributed by atoms with Crippen molar-refractivity contribution in [3.63, 3.8) is 0 Å². The van der Waals surface area contributed by atoms with Crippen molar-refractivity contribution in [2.24, 2.45) is 29.6 Å². The maximum Gasteiger partial charge on any atom is 0.302 e. The predicted octanol–water partition coefficient (Wildman–Crippen LogP) is 2.14. The first-order valence-corrected chi connectivity index (χ1v) is 9.33. The van der Waals surface area contributed by atoms with Crippen molar-refractivity contribution in [3.8, 4) is 0 Å². The van der Waals surface area contributed by atoms with Gasteiger partial charge in [-0.1, -0.05) is 6.92 Å². The van der Waals surface area contributed by atoms with E-state index < -0.39 is 11.7 Å². The summed E-state index contributed by atoms with van der Waals surface area (Å²) in [5.41, 5.74) is -0.911. The van der Waals surface area contributed by atoms with E-state index in [1.165, 1.54) is 6.92 Å². The minimum absolute atomic E-state index is 0.0246. The van der Waals surface area contributed by atoms with Crippen molar-refractivity contribution in [2.75, 3.05) is 7.11 Å². The van der Waals surface area contributed by atoms with Crippen molar-refractivity contribution in [3.05, 3.63) is 0 Å². The molecule has 9 atom stereocenters. The highest BCUT2D eigenvalue weighted by Gasteiger charge is 2.57. The highest BCUT2D eigenvalue weighted by atomic mass is 16.5. The second-order valence-corrected chi connectivity index (χ2v) is 8.70. The number of fused-ring (bicyclic) bond motifs is 3. The molecule has 5 heteroatoms. The van der Waals surface area contributed by atoms with Gasteiger partial charge in [0.1, 0.15) is 6.10 Å². The molecule has 5 unspecified atom stereocenters. The predicted molar refractivity (Wildman–Crippen MR) is 89.2 cm³/mol.